The van der Waals surface area contributed by atoms with Crippen LogP contribution in [0.4, 0.5) is 0 Å². The lowest BCUT2D eigenvalue weighted by Gasteiger charge is -1.90. The van der Waals surface area contributed by atoms with Gasteiger partial charge in [0.25, 0.3) is 0 Å². The maximum Gasteiger partial charge on any atom is 0.164 e. The minimum atomic E-state index is 0.0208. The third kappa shape index (κ3) is 0.874. The second kappa shape index (κ2) is 1.81. The molecule has 0 N–H and O–H groups in total. The van der Waals surface area contributed by atoms with E-state index in [0.717, 1.165) is 19.3 Å². The molecule has 0 bridgehead atoms. The molecular formula is C7H10O2. The minimum absolute atomic E-state index is 0.0208. The van der Waals surface area contributed by atoms with E-state index in [-0.39, 0.29) is 6.10 Å². The Morgan fingerprint density at radius 2 is 2.33 bits per heavy atom. The Kier molecular flexibility index (Phi) is 1.09. The molecule has 0 spiro atoms. The monoisotopic (exact) mass is 126 g/mol. The number of carbonyl (C=O) groups is 1. The molecule has 0 radical (unpaired) electrons. The SMILES string of the molecule is O=C1CCCC[C@H]2O[C@H]12. The van der Waals surface area contributed by atoms with Crippen LogP contribution in [0.15, 0.2) is 0 Å². The van der Waals surface area contributed by atoms with Crippen molar-refractivity contribution in [2.45, 2.75) is 37.9 Å². The fourth-order valence-electron chi connectivity index (χ4n) is 1.43. The van der Waals surface area contributed by atoms with Crippen LogP contribution < -0.4 is 0 Å². The van der Waals surface area contributed by atoms with E-state index in [2.05, 4.69) is 0 Å². The van der Waals surface area contributed by atoms with Crippen LogP contribution in [0.3, 0.4) is 0 Å². The number of ketones is 1. The van der Waals surface area contributed by atoms with Gasteiger partial charge >= 0.3 is 0 Å². The van der Waals surface area contributed by atoms with Gasteiger partial charge in [0.1, 0.15) is 6.10 Å². The average molecular weight is 126 g/mol. The Labute approximate surface area is 54.2 Å². The standard InChI is InChI=1S/C7H10O2/c8-5-3-1-2-4-6-7(5)9-6/h6-7H,1-4H2/t6-,7-/m1/s1. The topological polar surface area (TPSA) is 29.6 Å². The Morgan fingerprint density at radius 1 is 1.44 bits per heavy atom. The molecule has 0 aromatic rings. The Hall–Kier alpha value is -0.370. The largest absolute Gasteiger partial charge is 0.361 e. The summed E-state index contributed by atoms with van der Waals surface area (Å²) < 4.78 is 5.12. The molecule has 0 aromatic carbocycles. The third-order valence-electron chi connectivity index (χ3n) is 2.06. The van der Waals surface area contributed by atoms with E-state index in [4.69, 9.17) is 4.74 Å². The van der Waals surface area contributed by atoms with Gasteiger partial charge in [0.15, 0.2) is 5.78 Å². The molecule has 0 amide bonds. The Bertz CT molecular complexity index is 142. The van der Waals surface area contributed by atoms with Crippen molar-refractivity contribution in [2.24, 2.45) is 0 Å². The molecule has 1 saturated carbocycles. The van der Waals surface area contributed by atoms with Crippen LogP contribution in [0.2, 0.25) is 0 Å². The molecular weight excluding hydrogens is 116 g/mol. The predicted octanol–water partition coefficient (Wildman–Crippen LogP) is 0.897. The first kappa shape index (κ1) is 5.42. The lowest BCUT2D eigenvalue weighted by atomic mass is 10.2. The fourth-order valence-corrected chi connectivity index (χ4v) is 1.43. The van der Waals surface area contributed by atoms with Crippen molar-refractivity contribution in [1.29, 1.82) is 0 Å². The lowest BCUT2D eigenvalue weighted by Crippen LogP contribution is -2.05. The van der Waals surface area contributed by atoms with Crippen molar-refractivity contribution in [3.63, 3.8) is 0 Å². The van der Waals surface area contributed by atoms with Crippen LogP contribution in [0.25, 0.3) is 0 Å². The number of ether oxygens (including phenoxy) is 1. The summed E-state index contributed by atoms with van der Waals surface area (Å²) in [6, 6.07) is 0. The van der Waals surface area contributed by atoms with E-state index in [1.54, 1.807) is 0 Å². The second-order valence-corrected chi connectivity index (χ2v) is 2.81. The molecule has 1 saturated heterocycles. The van der Waals surface area contributed by atoms with Gasteiger partial charge in [-0.3, -0.25) is 4.79 Å². The average Bonchev–Trinajstić information content (AvgIpc) is 2.55. The van der Waals surface area contributed by atoms with Gasteiger partial charge in [-0.2, -0.15) is 0 Å². The summed E-state index contributed by atoms with van der Waals surface area (Å²) in [5.74, 6) is 0.331. The first-order valence-corrected chi connectivity index (χ1v) is 3.56. The van der Waals surface area contributed by atoms with E-state index in [1.165, 1.54) is 6.42 Å². The van der Waals surface area contributed by atoms with Crippen molar-refractivity contribution in [3.8, 4) is 0 Å². The van der Waals surface area contributed by atoms with Crippen molar-refractivity contribution in [1.82, 2.24) is 0 Å². The van der Waals surface area contributed by atoms with E-state index in [0.29, 0.717) is 11.9 Å². The number of fused-ring (bicyclic) bond motifs is 1. The summed E-state index contributed by atoms with van der Waals surface area (Å²) >= 11 is 0. The number of rotatable bonds is 0. The van der Waals surface area contributed by atoms with Crippen LogP contribution in [0.5, 0.6) is 0 Å². The minimum Gasteiger partial charge on any atom is -0.361 e. The van der Waals surface area contributed by atoms with Gasteiger partial charge < -0.3 is 4.74 Å². The first-order chi connectivity index (χ1) is 4.38. The molecule has 50 valence electrons. The molecule has 2 nitrogen and oxygen atoms in total. The van der Waals surface area contributed by atoms with Gasteiger partial charge in [-0.1, -0.05) is 6.42 Å². The van der Waals surface area contributed by atoms with Crippen LogP contribution in [-0.4, -0.2) is 18.0 Å². The molecule has 2 rings (SSSR count). The fraction of sp³-hybridized carbons (Fsp3) is 0.857. The van der Waals surface area contributed by atoms with Crippen LogP contribution in [0.1, 0.15) is 25.7 Å². The number of Topliss-reactive ketones (excluding diaryl/α,β-unsaturated/α-hetero) is 1. The zero-order valence-corrected chi connectivity index (χ0v) is 5.30. The maximum atomic E-state index is 10.9. The molecule has 2 atom stereocenters. The summed E-state index contributed by atoms with van der Waals surface area (Å²) in [5, 5.41) is 0. The number of hydrogen-bond acceptors (Lipinski definition) is 2. The van der Waals surface area contributed by atoms with Crippen LogP contribution >= 0.6 is 0 Å². The zero-order valence-electron chi connectivity index (χ0n) is 5.30. The smallest absolute Gasteiger partial charge is 0.164 e. The molecule has 0 unspecified atom stereocenters. The highest BCUT2D eigenvalue weighted by Gasteiger charge is 2.44. The highest BCUT2D eigenvalue weighted by atomic mass is 16.6. The number of epoxide rings is 1. The van der Waals surface area contributed by atoms with E-state index in [1.807, 2.05) is 0 Å². The highest BCUT2D eigenvalue weighted by molar-refractivity contribution is 5.86. The molecule has 1 heterocycles. The second-order valence-electron chi connectivity index (χ2n) is 2.81. The van der Waals surface area contributed by atoms with E-state index >= 15 is 0 Å². The molecule has 2 fully saturated rings. The van der Waals surface area contributed by atoms with Gasteiger partial charge in [0.05, 0.1) is 6.10 Å². The van der Waals surface area contributed by atoms with Crippen LogP contribution in [0, 0.1) is 0 Å². The molecule has 2 aliphatic rings. The van der Waals surface area contributed by atoms with Crippen molar-refractivity contribution in [2.75, 3.05) is 0 Å². The maximum absolute atomic E-state index is 10.9. The van der Waals surface area contributed by atoms with Gasteiger partial charge in [-0.05, 0) is 12.8 Å². The summed E-state index contributed by atoms with van der Waals surface area (Å²) in [4.78, 5) is 10.9. The first-order valence-electron chi connectivity index (χ1n) is 3.56. The number of carbonyl (C=O) groups excluding carboxylic acids is 1. The quantitative estimate of drug-likeness (QED) is 0.451. The van der Waals surface area contributed by atoms with Crippen molar-refractivity contribution >= 4 is 5.78 Å². The molecule has 9 heavy (non-hydrogen) atoms. The zero-order chi connectivity index (χ0) is 6.27. The Morgan fingerprint density at radius 3 is 3.22 bits per heavy atom. The van der Waals surface area contributed by atoms with Gasteiger partial charge in [-0.15, -0.1) is 0 Å². The predicted molar refractivity (Wildman–Crippen MR) is 32.1 cm³/mol. The van der Waals surface area contributed by atoms with Crippen molar-refractivity contribution in [3.05, 3.63) is 0 Å². The summed E-state index contributed by atoms with van der Waals surface area (Å²) in [6.45, 7) is 0. The number of hydrogen-bond donors (Lipinski definition) is 0. The van der Waals surface area contributed by atoms with Gasteiger partial charge in [-0.25, -0.2) is 0 Å². The molecule has 1 aliphatic carbocycles. The summed E-state index contributed by atoms with van der Waals surface area (Å²) in [5.41, 5.74) is 0. The lowest BCUT2D eigenvalue weighted by molar-refractivity contribution is -0.120. The Balaban J connectivity index is 2.03. The van der Waals surface area contributed by atoms with Gasteiger partial charge in [0.2, 0.25) is 0 Å². The normalized spacial score (nSPS) is 41.6. The highest BCUT2D eigenvalue weighted by Crippen LogP contribution is 2.32. The van der Waals surface area contributed by atoms with Crippen LogP contribution in [-0.2, 0) is 9.53 Å². The molecule has 2 heteroatoms. The van der Waals surface area contributed by atoms with E-state index in [9.17, 15) is 4.79 Å². The van der Waals surface area contributed by atoms with Gasteiger partial charge in [0, 0.05) is 6.42 Å². The molecule has 0 aromatic heterocycles. The summed E-state index contributed by atoms with van der Waals surface area (Å²) in [7, 11) is 0. The van der Waals surface area contributed by atoms with E-state index < -0.39 is 0 Å². The summed E-state index contributed by atoms with van der Waals surface area (Å²) in [6.07, 6.45) is 4.45. The van der Waals surface area contributed by atoms with Crippen molar-refractivity contribution < 1.29 is 9.53 Å². The molecule has 1 aliphatic heterocycles. The third-order valence-corrected chi connectivity index (χ3v) is 2.06.